The van der Waals surface area contributed by atoms with Crippen molar-refractivity contribution >= 4 is 11.9 Å². The predicted octanol–water partition coefficient (Wildman–Crippen LogP) is 5.85. The zero-order chi connectivity index (χ0) is 27.9. The number of aliphatic carboxylic acids is 1. The maximum absolute atomic E-state index is 15.1. The van der Waals surface area contributed by atoms with Crippen LogP contribution in [-0.2, 0) is 16.0 Å². The number of carbonyl (C=O) groups is 2. The van der Waals surface area contributed by atoms with Crippen LogP contribution in [0.1, 0.15) is 82.8 Å². The van der Waals surface area contributed by atoms with E-state index >= 15 is 4.39 Å². The number of carboxylic acids is 1. The lowest BCUT2D eigenvalue weighted by Gasteiger charge is -2.29. The van der Waals surface area contributed by atoms with Gasteiger partial charge in [-0.15, -0.1) is 0 Å². The van der Waals surface area contributed by atoms with E-state index in [0.717, 1.165) is 37.7 Å². The fourth-order valence-corrected chi connectivity index (χ4v) is 6.99. The molecule has 0 bridgehead atoms. The predicted molar refractivity (Wildman–Crippen MR) is 147 cm³/mol. The molecule has 3 aliphatic rings. The van der Waals surface area contributed by atoms with E-state index in [0.29, 0.717) is 41.2 Å². The van der Waals surface area contributed by atoms with Crippen LogP contribution in [0, 0.1) is 23.1 Å². The molecule has 2 aromatic rings. The number of halogens is 1. The van der Waals surface area contributed by atoms with E-state index in [1.165, 1.54) is 6.07 Å². The molecule has 5 atom stereocenters. The molecule has 0 aromatic heterocycles. The molecule has 3 fully saturated rings. The van der Waals surface area contributed by atoms with Crippen molar-refractivity contribution in [3.8, 4) is 16.9 Å². The molecule has 5 rings (SSSR count). The largest absolute Gasteiger partial charge is 0.490 e. The summed E-state index contributed by atoms with van der Waals surface area (Å²) in [6, 6.07) is 9.90. The molecule has 3 aliphatic carbocycles. The summed E-state index contributed by atoms with van der Waals surface area (Å²) in [5.41, 5.74) is 2.80. The van der Waals surface area contributed by atoms with E-state index in [2.05, 4.69) is 26.1 Å². The molecule has 2 aromatic carbocycles. The summed E-state index contributed by atoms with van der Waals surface area (Å²) in [6.07, 6.45) is 4.37. The Morgan fingerprint density at radius 3 is 2.51 bits per heavy atom. The highest BCUT2D eigenvalue weighted by Gasteiger charge is 2.43. The number of carbonyl (C=O) groups excluding carboxylic acids is 1. The van der Waals surface area contributed by atoms with Crippen LogP contribution in [0.4, 0.5) is 4.39 Å². The maximum Gasteiger partial charge on any atom is 0.307 e. The van der Waals surface area contributed by atoms with Crippen molar-refractivity contribution < 1.29 is 28.9 Å². The standard InChI is InChI=1S/C32H40FNO5/c1-18-16-32(2,3)17-24(18)31(38)34-26-14-21(15-27(26)35)39-28-11-10-19(13-29(36)37)12-23(28)22-8-5-9-25(33)30(22)20-6-4-7-20/h5,8-12,18,20-21,24,26-27,35H,4,6-7,13-17H2,1-3H3,(H,34,38)(H,36,37)/t18?,21-,24+,26-,27+/m0/s1. The fourth-order valence-electron chi connectivity index (χ4n) is 6.99. The second-order valence-electron chi connectivity index (χ2n) is 12.8. The van der Waals surface area contributed by atoms with Crippen LogP contribution in [0.2, 0.25) is 0 Å². The highest BCUT2D eigenvalue weighted by molar-refractivity contribution is 5.80. The van der Waals surface area contributed by atoms with Crippen molar-refractivity contribution in [2.45, 2.75) is 96.3 Å². The molecule has 0 radical (unpaired) electrons. The van der Waals surface area contributed by atoms with Crippen LogP contribution >= 0.6 is 0 Å². The van der Waals surface area contributed by atoms with Crippen LogP contribution < -0.4 is 10.1 Å². The fraction of sp³-hybridized carbons (Fsp3) is 0.562. The number of hydrogen-bond donors (Lipinski definition) is 3. The van der Waals surface area contributed by atoms with Gasteiger partial charge in [0.15, 0.2) is 0 Å². The van der Waals surface area contributed by atoms with Crippen molar-refractivity contribution in [3.05, 3.63) is 53.3 Å². The quantitative estimate of drug-likeness (QED) is 0.393. The number of ether oxygens (including phenoxy) is 1. The topological polar surface area (TPSA) is 95.9 Å². The van der Waals surface area contributed by atoms with Crippen molar-refractivity contribution in [2.75, 3.05) is 0 Å². The number of carboxylic acid groups (broad SMARTS) is 1. The lowest BCUT2D eigenvalue weighted by atomic mass is 9.76. The first-order valence-corrected chi connectivity index (χ1v) is 14.3. The van der Waals surface area contributed by atoms with Gasteiger partial charge >= 0.3 is 5.97 Å². The van der Waals surface area contributed by atoms with Gasteiger partial charge in [-0.3, -0.25) is 9.59 Å². The molecular weight excluding hydrogens is 497 g/mol. The van der Waals surface area contributed by atoms with Gasteiger partial charge in [-0.1, -0.05) is 45.4 Å². The Balaban J connectivity index is 1.37. The summed E-state index contributed by atoms with van der Waals surface area (Å²) in [4.78, 5) is 24.5. The first-order valence-electron chi connectivity index (χ1n) is 14.3. The Bertz CT molecular complexity index is 1240. The van der Waals surface area contributed by atoms with Crippen LogP contribution in [0.5, 0.6) is 5.75 Å². The van der Waals surface area contributed by atoms with Crippen molar-refractivity contribution in [1.29, 1.82) is 0 Å². The normalized spacial score (nSPS) is 28.2. The summed E-state index contributed by atoms with van der Waals surface area (Å²) in [6.45, 7) is 6.51. The van der Waals surface area contributed by atoms with Gasteiger partial charge in [0.2, 0.25) is 5.91 Å². The molecule has 0 aliphatic heterocycles. The lowest BCUT2D eigenvalue weighted by molar-refractivity contribution is -0.136. The Hall–Kier alpha value is -2.93. The number of aliphatic hydroxyl groups is 1. The van der Waals surface area contributed by atoms with Crippen molar-refractivity contribution in [2.24, 2.45) is 17.3 Å². The van der Waals surface area contributed by atoms with Gasteiger partial charge < -0.3 is 20.3 Å². The van der Waals surface area contributed by atoms with Crippen molar-refractivity contribution in [3.63, 3.8) is 0 Å². The third kappa shape index (κ3) is 5.98. The zero-order valence-corrected chi connectivity index (χ0v) is 23.1. The lowest BCUT2D eigenvalue weighted by Crippen LogP contribution is -2.43. The SMILES string of the molecule is CC1CC(C)(C)C[C@H]1C(=O)N[C@H]1C[C@H](Oc2ccc(CC(=O)O)cc2-c2cccc(F)c2C2CCC2)C[C@H]1O. The molecular formula is C32H40FNO5. The van der Waals surface area contributed by atoms with E-state index in [1.807, 2.05) is 6.07 Å². The van der Waals surface area contributed by atoms with Crippen molar-refractivity contribution in [1.82, 2.24) is 5.32 Å². The highest BCUT2D eigenvalue weighted by atomic mass is 19.1. The molecule has 3 N–H and O–H groups in total. The number of aliphatic hydroxyl groups excluding tert-OH is 1. The molecule has 0 spiro atoms. The second kappa shape index (κ2) is 10.9. The van der Waals surface area contributed by atoms with Gasteiger partial charge in [0.25, 0.3) is 0 Å². The number of nitrogens with one attached hydrogen (secondary N) is 1. The summed E-state index contributed by atoms with van der Waals surface area (Å²) in [5, 5.41) is 23.3. The Morgan fingerprint density at radius 2 is 1.87 bits per heavy atom. The molecule has 3 saturated carbocycles. The van der Waals surface area contributed by atoms with E-state index < -0.39 is 18.1 Å². The van der Waals surface area contributed by atoms with Gasteiger partial charge in [0, 0.05) is 24.3 Å². The minimum atomic E-state index is -0.939. The molecule has 7 heteroatoms. The molecule has 210 valence electrons. The average Bonchev–Trinajstić information content (AvgIpc) is 3.30. The van der Waals surface area contributed by atoms with E-state index in [4.69, 9.17) is 4.74 Å². The summed E-state index contributed by atoms with van der Waals surface area (Å²) >= 11 is 0. The van der Waals surface area contributed by atoms with Gasteiger partial charge in [0.1, 0.15) is 17.7 Å². The zero-order valence-electron chi connectivity index (χ0n) is 23.1. The maximum atomic E-state index is 15.1. The number of amides is 1. The van der Waals surface area contributed by atoms with E-state index in [-0.39, 0.29) is 41.5 Å². The monoisotopic (exact) mass is 537 g/mol. The average molecular weight is 538 g/mol. The third-order valence-electron chi connectivity index (χ3n) is 9.03. The molecule has 1 amide bonds. The molecule has 0 saturated heterocycles. The Kier molecular flexibility index (Phi) is 7.73. The number of rotatable bonds is 8. The minimum absolute atomic E-state index is 0.00129. The van der Waals surface area contributed by atoms with E-state index in [1.54, 1.807) is 24.3 Å². The molecule has 6 nitrogen and oxygen atoms in total. The minimum Gasteiger partial charge on any atom is -0.490 e. The second-order valence-corrected chi connectivity index (χ2v) is 12.8. The van der Waals surface area contributed by atoms with Crippen LogP contribution in [-0.4, -0.2) is 40.3 Å². The van der Waals surface area contributed by atoms with Crippen LogP contribution in [0.25, 0.3) is 11.1 Å². The Morgan fingerprint density at radius 1 is 1.10 bits per heavy atom. The van der Waals surface area contributed by atoms with Gasteiger partial charge in [-0.05, 0) is 77.8 Å². The van der Waals surface area contributed by atoms with E-state index in [9.17, 15) is 19.8 Å². The third-order valence-corrected chi connectivity index (χ3v) is 9.03. The van der Waals surface area contributed by atoms with Gasteiger partial charge in [-0.25, -0.2) is 4.39 Å². The summed E-state index contributed by atoms with van der Waals surface area (Å²) < 4.78 is 21.5. The molecule has 1 unspecified atom stereocenters. The summed E-state index contributed by atoms with van der Waals surface area (Å²) in [5.74, 6) is -0.284. The van der Waals surface area contributed by atoms with Gasteiger partial charge in [0.05, 0.1) is 18.6 Å². The summed E-state index contributed by atoms with van der Waals surface area (Å²) in [7, 11) is 0. The molecule has 39 heavy (non-hydrogen) atoms. The first kappa shape index (κ1) is 27.6. The van der Waals surface area contributed by atoms with Crippen LogP contribution in [0.15, 0.2) is 36.4 Å². The van der Waals surface area contributed by atoms with Crippen LogP contribution in [0.3, 0.4) is 0 Å². The Labute approximate surface area is 230 Å². The number of hydrogen-bond acceptors (Lipinski definition) is 4. The van der Waals surface area contributed by atoms with Gasteiger partial charge in [-0.2, -0.15) is 0 Å². The molecule has 0 heterocycles. The highest BCUT2D eigenvalue weighted by Crippen LogP contribution is 2.46. The first-order chi connectivity index (χ1) is 18.5. The number of benzene rings is 2. The smallest absolute Gasteiger partial charge is 0.307 e.